The second-order valence-corrected chi connectivity index (χ2v) is 10.8. The van der Waals surface area contributed by atoms with Gasteiger partial charge in [-0.1, -0.05) is 107 Å². The summed E-state index contributed by atoms with van der Waals surface area (Å²) >= 11 is 0. The molecule has 33 heavy (non-hydrogen) atoms. The summed E-state index contributed by atoms with van der Waals surface area (Å²) < 4.78 is 0. The van der Waals surface area contributed by atoms with Gasteiger partial charge in [-0.3, -0.25) is 0 Å². The Hall–Kier alpha value is -3.52. The van der Waals surface area contributed by atoms with Crippen LogP contribution in [0.25, 0.3) is 44.1 Å². The minimum absolute atomic E-state index is 0.116. The van der Waals surface area contributed by atoms with Crippen LogP contribution in [0.3, 0.4) is 0 Å². The molecule has 0 unspecified atom stereocenters. The maximum absolute atomic E-state index is 4.89. The Bertz CT molecular complexity index is 1570. The zero-order valence-corrected chi connectivity index (χ0v) is 19.9. The average Bonchev–Trinajstić information content (AvgIpc) is 3.05. The van der Waals surface area contributed by atoms with Crippen molar-refractivity contribution in [2.45, 2.75) is 45.4 Å². The average molecular weight is 429 g/mol. The zero-order valence-electron chi connectivity index (χ0n) is 19.9. The van der Waals surface area contributed by atoms with Crippen molar-refractivity contribution >= 4 is 21.5 Å². The number of nitrogens with zero attached hydrogens (tertiary/aromatic N) is 2. The summed E-state index contributed by atoms with van der Waals surface area (Å²) in [5.41, 5.74) is 8.36. The molecule has 1 aliphatic carbocycles. The lowest BCUT2D eigenvalue weighted by Gasteiger charge is -2.25. The molecular formula is C31H28N2. The lowest BCUT2D eigenvalue weighted by molar-refractivity contribution is 0.591. The molecule has 0 spiro atoms. The van der Waals surface area contributed by atoms with Gasteiger partial charge in [0.25, 0.3) is 0 Å². The van der Waals surface area contributed by atoms with E-state index in [1.807, 2.05) is 0 Å². The first kappa shape index (κ1) is 20.1. The highest BCUT2D eigenvalue weighted by molar-refractivity contribution is 6.01. The van der Waals surface area contributed by atoms with Gasteiger partial charge in [-0.15, -0.1) is 0 Å². The third-order valence-electron chi connectivity index (χ3n) is 7.28. The molecule has 0 bridgehead atoms. The number of fused-ring (bicyclic) bond motifs is 6. The summed E-state index contributed by atoms with van der Waals surface area (Å²) in [4.78, 5) is 9.69. The Labute approximate surface area is 195 Å². The van der Waals surface area contributed by atoms with E-state index in [0.29, 0.717) is 0 Å². The lowest BCUT2D eigenvalue weighted by Crippen LogP contribution is -2.17. The number of rotatable bonds is 1. The Morgan fingerprint density at radius 3 is 2.15 bits per heavy atom. The van der Waals surface area contributed by atoms with Crippen LogP contribution in [-0.2, 0) is 10.8 Å². The number of hydrogen-bond donors (Lipinski definition) is 0. The SMILES string of the molecule is CC(C)(C)c1ccc2c(-c3ncnc4c3C(C)(C)c3c-4ccc4ccccc34)cccc2c1. The molecule has 0 saturated carbocycles. The Kier molecular flexibility index (Phi) is 4.11. The molecule has 2 heteroatoms. The molecule has 4 aromatic carbocycles. The fraction of sp³-hybridized carbons (Fsp3) is 0.226. The van der Waals surface area contributed by atoms with Crippen LogP contribution in [0.5, 0.6) is 0 Å². The molecule has 162 valence electrons. The predicted molar refractivity (Wildman–Crippen MR) is 139 cm³/mol. The smallest absolute Gasteiger partial charge is 0.116 e. The van der Waals surface area contributed by atoms with E-state index >= 15 is 0 Å². The van der Waals surface area contributed by atoms with E-state index in [-0.39, 0.29) is 10.8 Å². The van der Waals surface area contributed by atoms with Gasteiger partial charge >= 0.3 is 0 Å². The summed E-state index contributed by atoms with van der Waals surface area (Å²) in [7, 11) is 0. The maximum Gasteiger partial charge on any atom is 0.116 e. The first-order valence-electron chi connectivity index (χ1n) is 11.7. The Balaban J connectivity index is 1.63. The molecule has 0 atom stereocenters. The molecule has 1 aliphatic rings. The van der Waals surface area contributed by atoms with Crippen molar-refractivity contribution in [3.63, 3.8) is 0 Å². The summed E-state index contributed by atoms with van der Waals surface area (Å²) in [5.74, 6) is 0. The predicted octanol–water partition coefficient (Wildman–Crippen LogP) is 8.05. The van der Waals surface area contributed by atoms with Gasteiger partial charge in [-0.25, -0.2) is 9.97 Å². The molecule has 1 heterocycles. The van der Waals surface area contributed by atoms with Crippen molar-refractivity contribution in [1.29, 1.82) is 0 Å². The van der Waals surface area contributed by atoms with Crippen molar-refractivity contribution in [2.24, 2.45) is 0 Å². The highest BCUT2D eigenvalue weighted by atomic mass is 14.9. The van der Waals surface area contributed by atoms with Gasteiger partial charge < -0.3 is 0 Å². The first-order valence-corrected chi connectivity index (χ1v) is 11.7. The molecular weight excluding hydrogens is 400 g/mol. The second-order valence-electron chi connectivity index (χ2n) is 10.8. The molecule has 2 nitrogen and oxygen atoms in total. The minimum atomic E-state index is -0.199. The normalized spacial score (nSPS) is 14.5. The van der Waals surface area contributed by atoms with Crippen molar-refractivity contribution in [2.75, 3.05) is 0 Å². The molecule has 5 aromatic rings. The molecule has 0 fully saturated rings. The van der Waals surface area contributed by atoms with Crippen LogP contribution in [0.15, 0.2) is 79.1 Å². The lowest BCUT2D eigenvalue weighted by atomic mass is 9.78. The van der Waals surface area contributed by atoms with Gasteiger partial charge in [0, 0.05) is 22.1 Å². The van der Waals surface area contributed by atoms with Crippen molar-refractivity contribution < 1.29 is 0 Å². The van der Waals surface area contributed by atoms with Gasteiger partial charge in [0.15, 0.2) is 0 Å². The van der Waals surface area contributed by atoms with Crippen LogP contribution in [0.1, 0.15) is 51.3 Å². The standard InChI is InChI=1S/C31H28N2/c1-30(2,3)21-14-16-22-20(17-21)10-8-12-24(22)28-27-29(33-18-32-28)25-15-13-19-9-6-7-11-23(19)26(25)31(27,4)5/h6-18H,1-5H3. The molecule has 0 N–H and O–H groups in total. The minimum Gasteiger partial charge on any atom is -0.236 e. The maximum atomic E-state index is 4.89. The highest BCUT2D eigenvalue weighted by Gasteiger charge is 2.40. The summed E-state index contributed by atoms with van der Waals surface area (Å²) in [6.45, 7) is 11.4. The van der Waals surface area contributed by atoms with Crippen LogP contribution < -0.4 is 0 Å². The summed E-state index contributed by atoms with van der Waals surface area (Å²) in [5, 5.41) is 5.07. The Morgan fingerprint density at radius 1 is 0.636 bits per heavy atom. The number of aromatic nitrogens is 2. The van der Waals surface area contributed by atoms with E-state index < -0.39 is 0 Å². The number of hydrogen-bond acceptors (Lipinski definition) is 2. The fourth-order valence-electron chi connectivity index (χ4n) is 5.61. The fourth-order valence-corrected chi connectivity index (χ4v) is 5.61. The quantitative estimate of drug-likeness (QED) is 0.270. The van der Waals surface area contributed by atoms with Crippen LogP contribution in [-0.4, -0.2) is 9.97 Å². The van der Waals surface area contributed by atoms with Gasteiger partial charge in [-0.05, 0) is 38.1 Å². The van der Waals surface area contributed by atoms with E-state index in [2.05, 4.69) is 107 Å². The van der Waals surface area contributed by atoms with Gasteiger partial charge in [0.05, 0.1) is 11.4 Å². The summed E-state index contributed by atoms with van der Waals surface area (Å²) in [6.07, 6.45) is 1.73. The third kappa shape index (κ3) is 2.87. The molecule has 6 rings (SSSR count). The van der Waals surface area contributed by atoms with E-state index in [1.165, 1.54) is 49.4 Å². The zero-order chi connectivity index (χ0) is 23.0. The molecule has 0 aliphatic heterocycles. The van der Waals surface area contributed by atoms with Gasteiger partial charge in [0.2, 0.25) is 0 Å². The number of benzene rings is 4. The van der Waals surface area contributed by atoms with Gasteiger partial charge in [0.1, 0.15) is 6.33 Å². The van der Waals surface area contributed by atoms with Crippen LogP contribution in [0, 0.1) is 0 Å². The van der Waals surface area contributed by atoms with Crippen LogP contribution >= 0.6 is 0 Å². The van der Waals surface area contributed by atoms with Crippen LogP contribution in [0.2, 0.25) is 0 Å². The molecule has 1 aromatic heterocycles. The van der Waals surface area contributed by atoms with E-state index in [1.54, 1.807) is 6.33 Å². The Morgan fingerprint density at radius 2 is 1.36 bits per heavy atom. The van der Waals surface area contributed by atoms with Crippen molar-refractivity contribution in [3.05, 3.63) is 95.8 Å². The molecule has 0 amide bonds. The third-order valence-corrected chi connectivity index (χ3v) is 7.28. The monoisotopic (exact) mass is 428 g/mol. The topological polar surface area (TPSA) is 25.8 Å². The largest absolute Gasteiger partial charge is 0.236 e. The highest BCUT2D eigenvalue weighted by Crippen LogP contribution is 2.53. The molecule has 0 saturated heterocycles. The van der Waals surface area contributed by atoms with Crippen molar-refractivity contribution in [3.8, 4) is 22.5 Å². The summed E-state index contributed by atoms with van der Waals surface area (Å²) in [6, 6.07) is 26.6. The van der Waals surface area contributed by atoms with E-state index in [0.717, 1.165) is 11.4 Å². The molecule has 0 radical (unpaired) electrons. The first-order chi connectivity index (χ1) is 15.8. The van der Waals surface area contributed by atoms with Crippen molar-refractivity contribution in [1.82, 2.24) is 9.97 Å². The van der Waals surface area contributed by atoms with Gasteiger partial charge in [-0.2, -0.15) is 0 Å². The second kappa shape index (κ2) is 6.74. The van der Waals surface area contributed by atoms with E-state index in [9.17, 15) is 0 Å². The van der Waals surface area contributed by atoms with Crippen LogP contribution in [0.4, 0.5) is 0 Å². The van der Waals surface area contributed by atoms with E-state index in [4.69, 9.17) is 9.97 Å².